The molecule has 0 spiro atoms. The van der Waals surface area contributed by atoms with Gasteiger partial charge in [0.2, 0.25) is 5.91 Å². The molecule has 2 atom stereocenters. The Morgan fingerprint density at radius 1 is 1.05 bits per heavy atom. The molecule has 2 aromatic heterocycles. The van der Waals surface area contributed by atoms with Crippen LogP contribution in [-0.2, 0) is 4.79 Å². The van der Waals surface area contributed by atoms with Crippen molar-refractivity contribution < 1.29 is 4.79 Å². The summed E-state index contributed by atoms with van der Waals surface area (Å²) in [6, 6.07) is 21.7. The predicted molar refractivity (Wildman–Crippen MR) is 162 cm³/mol. The second kappa shape index (κ2) is 11.2. The number of rotatable bonds is 7. The summed E-state index contributed by atoms with van der Waals surface area (Å²) in [5.74, 6) is -0.0454. The number of halogens is 1. The van der Waals surface area contributed by atoms with Gasteiger partial charge in [0.1, 0.15) is 0 Å². The van der Waals surface area contributed by atoms with Crippen LogP contribution >= 0.6 is 23.8 Å². The lowest BCUT2D eigenvalue weighted by molar-refractivity contribution is -0.116. The van der Waals surface area contributed by atoms with E-state index in [9.17, 15) is 4.79 Å². The minimum atomic E-state index is -0.158. The maximum Gasteiger partial charge on any atom is 0.226 e. The number of thiocarbonyl (C=S) groups is 1. The van der Waals surface area contributed by atoms with Crippen LogP contribution in [0.2, 0.25) is 5.02 Å². The Hall–Kier alpha value is -3.68. The number of amides is 1. The van der Waals surface area contributed by atoms with Crippen LogP contribution in [0.15, 0.2) is 72.9 Å². The summed E-state index contributed by atoms with van der Waals surface area (Å²) < 4.78 is 2.21. The molecule has 0 unspecified atom stereocenters. The standard InChI is InChI=1S/C31H32ClN5OS/c1-19-11-12-20(2)27(16-19)34-28(38)13-15-36-30(29(35-31(36)39)26-10-5-6-14-33-26)25-17-21(3)37(22(25)4)24-9-7-8-23(32)18-24/h5-12,14,16-18,29-30H,13,15H2,1-4H3,(H,34,38)(H,35,39)/t29-,30+/m0/s1. The van der Waals surface area contributed by atoms with Gasteiger partial charge in [0.25, 0.3) is 0 Å². The minimum absolute atomic E-state index is 0.0454. The number of benzene rings is 2. The Bertz CT molecular complexity index is 1530. The van der Waals surface area contributed by atoms with Gasteiger partial charge < -0.3 is 20.1 Å². The fraction of sp³-hybridized carbons (Fsp3) is 0.258. The highest BCUT2D eigenvalue weighted by Gasteiger charge is 2.41. The zero-order valence-corrected chi connectivity index (χ0v) is 24.1. The average molecular weight is 558 g/mol. The average Bonchev–Trinajstić information content (AvgIpc) is 3.39. The third-order valence-corrected chi connectivity index (χ3v) is 7.89. The molecule has 1 aliphatic rings. The first-order valence-electron chi connectivity index (χ1n) is 13.0. The number of hydrogen-bond donors (Lipinski definition) is 2. The lowest BCUT2D eigenvalue weighted by atomic mass is 9.96. The number of aromatic nitrogens is 2. The SMILES string of the molecule is Cc1ccc(C)c(NC(=O)CCN2C(=S)N[C@@H](c3ccccn3)[C@H]2c2cc(C)n(-c3cccc(Cl)c3)c2C)c1. The van der Waals surface area contributed by atoms with Crippen LogP contribution in [0, 0.1) is 27.7 Å². The van der Waals surface area contributed by atoms with Crippen LogP contribution in [-0.4, -0.2) is 32.0 Å². The van der Waals surface area contributed by atoms with Gasteiger partial charge >= 0.3 is 0 Å². The molecule has 200 valence electrons. The predicted octanol–water partition coefficient (Wildman–Crippen LogP) is 6.76. The third kappa shape index (κ3) is 5.56. The highest BCUT2D eigenvalue weighted by atomic mass is 35.5. The van der Waals surface area contributed by atoms with Gasteiger partial charge in [0.15, 0.2) is 5.11 Å². The maximum absolute atomic E-state index is 13.0. The van der Waals surface area contributed by atoms with E-state index < -0.39 is 0 Å². The van der Waals surface area contributed by atoms with Crippen molar-refractivity contribution in [1.29, 1.82) is 0 Å². The number of carbonyl (C=O) groups excluding carboxylic acids is 1. The highest BCUT2D eigenvalue weighted by molar-refractivity contribution is 7.80. The molecular formula is C31H32ClN5OS. The molecule has 0 radical (unpaired) electrons. The van der Waals surface area contributed by atoms with Crippen molar-refractivity contribution in [3.05, 3.63) is 112 Å². The summed E-state index contributed by atoms with van der Waals surface area (Å²) in [4.78, 5) is 19.8. The Balaban J connectivity index is 1.47. The Morgan fingerprint density at radius 2 is 1.87 bits per heavy atom. The molecule has 2 N–H and O–H groups in total. The van der Waals surface area contributed by atoms with Crippen LogP contribution in [0.4, 0.5) is 5.69 Å². The number of nitrogens with one attached hydrogen (secondary N) is 2. The van der Waals surface area contributed by atoms with Crippen LogP contribution in [0.5, 0.6) is 0 Å². The fourth-order valence-electron chi connectivity index (χ4n) is 5.39. The normalized spacial score (nSPS) is 16.8. The molecule has 0 aliphatic carbocycles. The molecule has 1 fully saturated rings. The number of aryl methyl sites for hydroxylation is 3. The van der Waals surface area contributed by atoms with Gasteiger partial charge in [-0.15, -0.1) is 0 Å². The van der Waals surface area contributed by atoms with Crippen molar-refractivity contribution in [1.82, 2.24) is 19.8 Å². The molecule has 0 bridgehead atoms. The zero-order chi connectivity index (χ0) is 27.7. The van der Waals surface area contributed by atoms with E-state index in [1.54, 1.807) is 6.20 Å². The topological polar surface area (TPSA) is 62.2 Å². The van der Waals surface area contributed by atoms with E-state index >= 15 is 0 Å². The van der Waals surface area contributed by atoms with Crippen molar-refractivity contribution in [2.75, 3.05) is 11.9 Å². The summed E-state index contributed by atoms with van der Waals surface area (Å²) in [5.41, 5.74) is 8.21. The number of nitrogens with zero attached hydrogens (tertiary/aromatic N) is 3. The van der Waals surface area contributed by atoms with Crippen molar-refractivity contribution in [3.8, 4) is 5.69 Å². The summed E-state index contributed by atoms with van der Waals surface area (Å²) in [7, 11) is 0. The van der Waals surface area contributed by atoms with E-state index in [0.29, 0.717) is 23.1 Å². The van der Waals surface area contributed by atoms with E-state index in [0.717, 1.165) is 45.1 Å². The number of anilines is 1. The molecule has 1 aliphatic heterocycles. The molecule has 1 amide bonds. The summed E-state index contributed by atoms with van der Waals surface area (Å²) in [6.45, 7) is 8.70. The highest BCUT2D eigenvalue weighted by Crippen LogP contribution is 2.41. The van der Waals surface area contributed by atoms with E-state index in [1.807, 2.05) is 68.4 Å². The monoisotopic (exact) mass is 557 g/mol. The molecule has 8 heteroatoms. The molecule has 4 aromatic rings. The van der Waals surface area contributed by atoms with Crippen molar-refractivity contribution in [3.63, 3.8) is 0 Å². The van der Waals surface area contributed by atoms with Gasteiger partial charge in [-0.25, -0.2) is 0 Å². The van der Waals surface area contributed by atoms with E-state index in [1.165, 1.54) is 0 Å². The van der Waals surface area contributed by atoms with Crippen molar-refractivity contribution in [2.45, 2.75) is 46.2 Å². The molecule has 1 saturated heterocycles. The Kier molecular flexibility index (Phi) is 7.73. The zero-order valence-electron chi connectivity index (χ0n) is 22.5. The quantitative estimate of drug-likeness (QED) is 0.246. The molecule has 0 saturated carbocycles. The second-order valence-electron chi connectivity index (χ2n) is 10.1. The molecule has 5 rings (SSSR count). The minimum Gasteiger partial charge on any atom is -0.352 e. The number of hydrogen-bond acceptors (Lipinski definition) is 3. The number of carbonyl (C=O) groups is 1. The summed E-state index contributed by atoms with van der Waals surface area (Å²) in [6.07, 6.45) is 2.10. The smallest absolute Gasteiger partial charge is 0.226 e. The van der Waals surface area contributed by atoms with Gasteiger partial charge in [-0.1, -0.05) is 35.9 Å². The molecule has 2 aromatic carbocycles. The largest absolute Gasteiger partial charge is 0.352 e. The van der Waals surface area contributed by atoms with Crippen molar-refractivity contribution >= 4 is 40.5 Å². The first kappa shape index (κ1) is 26.9. The molecule has 3 heterocycles. The molecule has 6 nitrogen and oxygen atoms in total. The van der Waals surface area contributed by atoms with Crippen LogP contribution in [0.25, 0.3) is 5.69 Å². The first-order valence-corrected chi connectivity index (χ1v) is 13.8. The summed E-state index contributed by atoms with van der Waals surface area (Å²) in [5, 5.41) is 7.88. The Labute approximate surface area is 240 Å². The van der Waals surface area contributed by atoms with Crippen LogP contribution in [0.3, 0.4) is 0 Å². The second-order valence-corrected chi connectivity index (χ2v) is 10.9. The Morgan fingerprint density at radius 3 is 2.62 bits per heavy atom. The lowest BCUT2D eigenvalue weighted by Crippen LogP contribution is -2.33. The van der Waals surface area contributed by atoms with E-state index in [4.69, 9.17) is 23.8 Å². The van der Waals surface area contributed by atoms with Gasteiger partial charge in [0.05, 0.1) is 17.8 Å². The van der Waals surface area contributed by atoms with Gasteiger partial charge in [-0.3, -0.25) is 9.78 Å². The van der Waals surface area contributed by atoms with E-state index in [2.05, 4.69) is 51.1 Å². The third-order valence-electron chi connectivity index (χ3n) is 7.30. The van der Waals surface area contributed by atoms with E-state index in [-0.39, 0.29) is 18.0 Å². The van der Waals surface area contributed by atoms with Gasteiger partial charge in [-0.2, -0.15) is 0 Å². The van der Waals surface area contributed by atoms with Crippen molar-refractivity contribution in [2.24, 2.45) is 0 Å². The van der Waals surface area contributed by atoms with Gasteiger partial charge in [-0.05, 0) is 99.1 Å². The fourth-order valence-corrected chi connectivity index (χ4v) is 5.91. The number of pyridine rings is 1. The molecule has 39 heavy (non-hydrogen) atoms. The first-order chi connectivity index (χ1) is 18.7. The summed E-state index contributed by atoms with van der Waals surface area (Å²) >= 11 is 12.2. The van der Waals surface area contributed by atoms with Crippen LogP contribution < -0.4 is 10.6 Å². The van der Waals surface area contributed by atoms with Gasteiger partial charge in [0, 0.05) is 46.9 Å². The maximum atomic E-state index is 13.0. The van der Waals surface area contributed by atoms with Crippen LogP contribution in [0.1, 0.15) is 52.3 Å². The molecular weight excluding hydrogens is 526 g/mol. The lowest BCUT2D eigenvalue weighted by Gasteiger charge is -2.28.